The van der Waals surface area contributed by atoms with E-state index in [1.165, 1.54) is 12.1 Å². The van der Waals surface area contributed by atoms with Crippen molar-refractivity contribution >= 4 is 23.2 Å². The van der Waals surface area contributed by atoms with Gasteiger partial charge in [0, 0.05) is 34.1 Å². The fraction of sp³-hybridized carbons (Fsp3) is 0.462. The molecular formula is C26H30Cl2F2N4. The normalized spacial score (nSPS) is 14.4. The molecule has 1 aliphatic rings. The molecule has 4 rings (SSSR count). The Morgan fingerprint density at radius 1 is 0.912 bits per heavy atom. The fourth-order valence-electron chi connectivity index (χ4n) is 4.76. The molecule has 0 radical (unpaired) electrons. The zero-order valence-electron chi connectivity index (χ0n) is 19.4. The van der Waals surface area contributed by atoms with Crippen LogP contribution in [0.25, 0.3) is 0 Å². The second-order valence-corrected chi connectivity index (χ2v) is 9.72. The van der Waals surface area contributed by atoms with E-state index in [-0.39, 0.29) is 17.7 Å². The number of benzene rings is 2. The molecule has 0 saturated carbocycles. The molecule has 3 aromatic rings. The number of nitrogens with zero attached hydrogens (tertiary/aromatic N) is 4. The van der Waals surface area contributed by atoms with Gasteiger partial charge in [-0.1, -0.05) is 35.3 Å². The lowest BCUT2D eigenvalue weighted by Crippen LogP contribution is -2.32. The van der Waals surface area contributed by atoms with Gasteiger partial charge in [0.2, 0.25) is 0 Å². The van der Waals surface area contributed by atoms with E-state index in [1.54, 1.807) is 24.3 Å². The molecule has 0 fully saturated rings. The summed E-state index contributed by atoms with van der Waals surface area (Å²) >= 11 is 12.5. The van der Waals surface area contributed by atoms with Crippen LogP contribution in [0.5, 0.6) is 0 Å². The monoisotopic (exact) mass is 506 g/mol. The first kappa shape index (κ1) is 25.1. The Morgan fingerprint density at radius 2 is 1.50 bits per heavy atom. The van der Waals surface area contributed by atoms with Crippen LogP contribution in [0.2, 0.25) is 10.0 Å². The molecule has 182 valence electrons. The first-order valence-corrected chi connectivity index (χ1v) is 12.7. The third-order valence-electron chi connectivity index (χ3n) is 6.68. The summed E-state index contributed by atoms with van der Waals surface area (Å²) in [6.45, 7) is 4.54. The van der Waals surface area contributed by atoms with Crippen LogP contribution in [-0.2, 0) is 25.8 Å². The highest BCUT2D eigenvalue weighted by Gasteiger charge is 2.24. The zero-order chi connectivity index (χ0) is 24.1. The lowest BCUT2D eigenvalue weighted by Gasteiger charge is -2.30. The summed E-state index contributed by atoms with van der Waals surface area (Å²) in [4.78, 5) is 2.33. The van der Waals surface area contributed by atoms with Gasteiger partial charge in [-0.05, 0) is 82.8 Å². The van der Waals surface area contributed by atoms with E-state index in [9.17, 15) is 8.78 Å². The molecular weight excluding hydrogens is 477 g/mol. The van der Waals surface area contributed by atoms with Gasteiger partial charge >= 0.3 is 0 Å². The van der Waals surface area contributed by atoms with E-state index < -0.39 is 0 Å². The summed E-state index contributed by atoms with van der Waals surface area (Å²) in [6, 6.07) is 9.62. The van der Waals surface area contributed by atoms with Crippen molar-refractivity contribution in [1.82, 2.24) is 19.7 Å². The van der Waals surface area contributed by atoms with E-state index in [1.807, 2.05) is 0 Å². The predicted octanol–water partition coefficient (Wildman–Crippen LogP) is 6.83. The van der Waals surface area contributed by atoms with Crippen LogP contribution >= 0.6 is 23.2 Å². The van der Waals surface area contributed by atoms with Crippen molar-refractivity contribution in [3.05, 3.63) is 80.9 Å². The molecule has 0 aliphatic carbocycles. The van der Waals surface area contributed by atoms with Crippen LogP contribution in [-0.4, -0.2) is 32.8 Å². The number of halogens is 4. The molecule has 34 heavy (non-hydrogen) atoms. The first-order valence-electron chi connectivity index (χ1n) is 12.0. The molecule has 0 bridgehead atoms. The number of rotatable bonds is 10. The van der Waals surface area contributed by atoms with E-state index in [0.29, 0.717) is 34.0 Å². The second-order valence-electron chi connectivity index (χ2n) is 8.90. The molecule has 0 saturated heterocycles. The van der Waals surface area contributed by atoms with Crippen molar-refractivity contribution in [2.24, 2.45) is 0 Å². The van der Waals surface area contributed by atoms with Gasteiger partial charge in [-0.15, -0.1) is 10.2 Å². The highest BCUT2D eigenvalue weighted by atomic mass is 35.5. The lowest BCUT2D eigenvalue weighted by atomic mass is 10.1. The van der Waals surface area contributed by atoms with Crippen LogP contribution in [0.3, 0.4) is 0 Å². The van der Waals surface area contributed by atoms with Crippen LogP contribution < -0.4 is 0 Å². The van der Waals surface area contributed by atoms with Gasteiger partial charge in [0.05, 0.1) is 6.04 Å². The van der Waals surface area contributed by atoms with Gasteiger partial charge in [0.1, 0.15) is 23.3 Å². The van der Waals surface area contributed by atoms with Gasteiger partial charge in [-0.3, -0.25) is 4.90 Å². The molecule has 0 N–H and O–H groups in total. The van der Waals surface area contributed by atoms with E-state index in [4.69, 9.17) is 23.2 Å². The van der Waals surface area contributed by atoms with Gasteiger partial charge < -0.3 is 4.57 Å². The summed E-state index contributed by atoms with van der Waals surface area (Å²) in [5.74, 6) is 1.47. The minimum absolute atomic E-state index is 0.0338. The summed E-state index contributed by atoms with van der Waals surface area (Å²) in [6.07, 6.45) is 5.80. The topological polar surface area (TPSA) is 34.0 Å². The predicted molar refractivity (Wildman–Crippen MR) is 132 cm³/mol. The van der Waals surface area contributed by atoms with Crippen molar-refractivity contribution < 1.29 is 8.78 Å². The van der Waals surface area contributed by atoms with Crippen molar-refractivity contribution in [3.8, 4) is 0 Å². The van der Waals surface area contributed by atoms with Gasteiger partial charge in [-0.25, -0.2) is 8.78 Å². The first-order chi connectivity index (χ1) is 16.5. The van der Waals surface area contributed by atoms with Crippen LogP contribution in [0.4, 0.5) is 8.78 Å². The lowest BCUT2D eigenvalue weighted by molar-refractivity contribution is 0.192. The summed E-state index contributed by atoms with van der Waals surface area (Å²) in [5, 5.41) is 9.85. The van der Waals surface area contributed by atoms with E-state index in [0.717, 1.165) is 63.4 Å². The average molecular weight is 507 g/mol. The molecule has 2 heterocycles. The number of aromatic nitrogens is 3. The smallest absolute Gasteiger partial charge is 0.150 e. The maximum Gasteiger partial charge on any atom is 0.150 e. The highest BCUT2D eigenvalue weighted by Crippen LogP contribution is 2.26. The Hall–Kier alpha value is -2.02. The number of aryl methyl sites for hydroxylation is 1. The van der Waals surface area contributed by atoms with Crippen molar-refractivity contribution in [2.45, 2.75) is 64.5 Å². The molecule has 8 heteroatoms. The Bertz CT molecular complexity index is 1020. The Kier molecular flexibility index (Phi) is 8.56. The highest BCUT2D eigenvalue weighted by molar-refractivity contribution is 6.31. The largest absolute Gasteiger partial charge is 0.314 e. The summed E-state index contributed by atoms with van der Waals surface area (Å²) in [7, 11) is 0. The average Bonchev–Trinajstić information content (AvgIpc) is 3.25. The van der Waals surface area contributed by atoms with Crippen molar-refractivity contribution in [3.63, 3.8) is 0 Å². The minimum Gasteiger partial charge on any atom is -0.314 e. The number of hydrogen-bond acceptors (Lipinski definition) is 3. The third-order valence-corrected chi connectivity index (χ3v) is 7.39. The van der Waals surface area contributed by atoms with Crippen LogP contribution in [0.1, 0.15) is 61.4 Å². The van der Waals surface area contributed by atoms with Crippen molar-refractivity contribution in [2.75, 3.05) is 13.1 Å². The molecule has 0 spiro atoms. The maximum atomic E-state index is 14.2. The maximum absolute atomic E-state index is 14.2. The molecule has 1 aliphatic heterocycles. The molecule has 1 unspecified atom stereocenters. The minimum atomic E-state index is -0.271. The molecule has 2 aromatic carbocycles. The van der Waals surface area contributed by atoms with E-state index in [2.05, 4.69) is 26.6 Å². The quantitative estimate of drug-likeness (QED) is 0.302. The molecule has 1 aromatic heterocycles. The molecule has 4 nitrogen and oxygen atoms in total. The Balaban J connectivity index is 1.46. The SMILES string of the molecule is CC(c1nnc2n1CCCC2)N(CCCc1c(F)cccc1Cl)CCCc1c(F)cccc1Cl. The number of hydrogen-bond donors (Lipinski definition) is 0. The number of fused-ring (bicyclic) bond motifs is 1. The standard InChI is InChI=1S/C26H30Cl2F2N4/c1-18(26-32-31-25-14-2-3-17-34(25)26)33(15-6-8-19-21(27)10-4-12-23(19)29)16-7-9-20-22(28)11-5-13-24(20)30/h4-5,10-13,18H,2-3,6-9,14-17H2,1H3. The molecule has 1 atom stereocenters. The fourth-order valence-corrected chi connectivity index (χ4v) is 5.28. The van der Waals surface area contributed by atoms with Gasteiger partial charge in [0.25, 0.3) is 0 Å². The van der Waals surface area contributed by atoms with Crippen LogP contribution in [0, 0.1) is 11.6 Å². The van der Waals surface area contributed by atoms with Crippen LogP contribution in [0.15, 0.2) is 36.4 Å². The third kappa shape index (κ3) is 5.78. The van der Waals surface area contributed by atoms with Gasteiger partial charge in [0.15, 0.2) is 0 Å². The summed E-state index contributed by atoms with van der Waals surface area (Å²) in [5.41, 5.74) is 1.10. The van der Waals surface area contributed by atoms with Gasteiger partial charge in [-0.2, -0.15) is 0 Å². The van der Waals surface area contributed by atoms with Crippen molar-refractivity contribution in [1.29, 1.82) is 0 Å². The Morgan fingerprint density at radius 3 is 2.06 bits per heavy atom. The second kappa shape index (κ2) is 11.6. The van der Waals surface area contributed by atoms with E-state index >= 15 is 0 Å². The molecule has 0 amide bonds. The summed E-state index contributed by atoms with van der Waals surface area (Å²) < 4.78 is 30.7. The Labute approximate surface area is 209 Å². The zero-order valence-corrected chi connectivity index (χ0v) is 20.9.